The molecule has 1 aromatic heterocycles. The Morgan fingerprint density at radius 3 is 2.19 bits per heavy atom. The minimum absolute atomic E-state index is 0.267. The molecule has 0 spiro atoms. The Morgan fingerprint density at radius 2 is 1.75 bits per heavy atom. The molecule has 0 saturated carbocycles. The third-order valence-electron chi connectivity index (χ3n) is 1.93. The molecule has 0 saturated heterocycles. The number of benzene rings is 1. The second kappa shape index (κ2) is 5.30. The number of hydrogen-bond donors (Lipinski definition) is 1. The van der Waals surface area contributed by atoms with E-state index < -0.39 is 0 Å². The summed E-state index contributed by atoms with van der Waals surface area (Å²) < 4.78 is 14.2. The van der Waals surface area contributed by atoms with Gasteiger partial charge in [-0.05, 0) is 31.2 Å². The molecule has 0 fully saturated rings. The molecule has 0 radical (unpaired) electrons. The quantitative estimate of drug-likeness (QED) is 0.804. The first kappa shape index (κ1) is 12.2. The van der Waals surface area contributed by atoms with Gasteiger partial charge in [-0.15, -0.1) is 0 Å². The van der Waals surface area contributed by atoms with Gasteiger partial charge in [-0.3, -0.25) is 0 Å². The Kier molecular flexibility index (Phi) is 4.05. The van der Waals surface area contributed by atoms with E-state index in [-0.39, 0.29) is 5.82 Å². The fourth-order valence-corrected chi connectivity index (χ4v) is 1.31. The summed E-state index contributed by atoms with van der Waals surface area (Å²) in [6.07, 6.45) is 0. The summed E-state index contributed by atoms with van der Waals surface area (Å²) in [7, 11) is 0. The molecule has 0 aliphatic heterocycles. The van der Waals surface area contributed by atoms with Crippen LogP contribution in [0.1, 0.15) is 19.5 Å². The van der Waals surface area contributed by atoms with E-state index in [0.717, 1.165) is 11.4 Å². The molecule has 2 N–H and O–H groups in total. The second-order valence-corrected chi connectivity index (χ2v) is 3.10. The highest BCUT2D eigenvalue weighted by molar-refractivity contribution is 5.42. The van der Waals surface area contributed by atoms with Crippen LogP contribution < -0.4 is 5.73 Å². The maximum atomic E-state index is 12.6. The van der Waals surface area contributed by atoms with E-state index in [1.165, 1.54) is 12.1 Å². The highest BCUT2D eigenvalue weighted by atomic mass is 19.1. The van der Waals surface area contributed by atoms with Gasteiger partial charge in [0.15, 0.2) is 0 Å². The predicted molar refractivity (Wildman–Crippen MR) is 64.0 cm³/mol. The summed E-state index contributed by atoms with van der Waals surface area (Å²) in [5.41, 5.74) is 7.32. The van der Waals surface area contributed by atoms with Gasteiger partial charge in [-0.2, -0.15) is 5.10 Å². The van der Waals surface area contributed by atoms with Gasteiger partial charge in [0.25, 0.3) is 0 Å². The largest absolute Gasteiger partial charge is 0.384 e. The minimum atomic E-state index is -0.267. The summed E-state index contributed by atoms with van der Waals surface area (Å²) in [5, 5.41) is 4.18. The van der Waals surface area contributed by atoms with Crippen molar-refractivity contribution in [1.82, 2.24) is 9.78 Å². The molecular weight excluding hydrogens is 205 g/mol. The second-order valence-electron chi connectivity index (χ2n) is 3.10. The lowest BCUT2D eigenvalue weighted by atomic mass is 10.3. The van der Waals surface area contributed by atoms with Crippen LogP contribution in [0.3, 0.4) is 0 Å². The van der Waals surface area contributed by atoms with Crippen molar-refractivity contribution in [2.45, 2.75) is 20.8 Å². The Bertz CT molecular complexity index is 446. The molecule has 0 bridgehead atoms. The molecule has 1 heterocycles. The van der Waals surface area contributed by atoms with Crippen LogP contribution >= 0.6 is 0 Å². The fraction of sp³-hybridized carbons (Fsp3) is 0.250. The van der Waals surface area contributed by atoms with Crippen LogP contribution in [0.4, 0.5) is 10.2 Å². The number of hydrogen-bond acceptors (Lipinski definition) is 2. The third kappa shape index (κ3) is 2.59. The topological polar surface area (TPSA) is 43.8 Å². The minimum Gasteiger partial charge on any atom is -0.384 e. The monoisotopic (exact) mass is 221 g/mol. The van der Waals surface area contributed by atoms with Gasteiger partial charge in [0.05, 0.1) is 11.4 Å². The van der Waals surface area contributed by atoms with Crippen molar-refractivity contribution in [2.24, 2.45) is 0 Å². The molecule has 4 heteroatoms. The standard InChI is InChI=1S/C10H10FN3.C2H6/c1-7-6-10(12)14(13-7)9-4-2-8(11)3-5-9;1-2/h2-6H,12H2,1H3;1-2H3. The Hall–Kier alpha value is -1.84. The molecule has 86 valence electrons. The number of aryl methyl sites for hydroxylation is 1. The molecule has 0 aliphatic rings. The van der Waals surface area contributed by atoms with Gasteiger partial charge in [-0.25, -0.2) is 9.07 Å². The smallest absolute Gasteiger partial charge is 0.127 e. The molecule has 0 amide bonds. The predicted octanol–water partition coefficient (Wildman–Crippen LogP) is 2.93. The zero-order valence-electron chi connectivity index (χ0n) is 9.74. The molecule has 3 nitrogen and oxygen atoms in total. The number of halogens is 1. The highest BCUT2D eigenvalue weighted by Crippen LogP contribution is 2.14. The summed E-state index contributed by atoms with van der Waals surface area (Å²) in [4.78, 5) is 0. The van der Waals surface area contributed by atoms with Crippen molar-refractivity contribution in [2.75, 3.05) is 5.73 Å². The zero-order valence-corrected chi connectivity index (χ0v) is 9.74. The lowest BCUT2D eigenvalue weighted by Crippen LogP contribution is -2.01. The average Bonchev–Trinajstić information content (AvgIpc) is 2.62. The Balaban J connectivity index is 0.000000606. The van der Waals surface area contributed by atoms with E-state index >= 15 is 0 Å². The number of anilines is 1. The number of nitrogens with two attached hydrogens (primary N) is 1. The van der Waals surface area contributed by atoms with Crippen LogP contribution in [-0.2, 0) is 0 Å². The highest BCUT2D eigenvalue weighted by Gasteiger charge is 2.03. The number of nitrogens with zero attached hydrogens (tertiary/aromatic N) is 2. The molecule has 0 unspecified atom stereocenters. The molecular formula is C12H16FN3. The van der Waals surface area contributed by atoms with Crippen LogP contribution in [0.2, 0.25) is 0 Å². The van der Waals surface area contributed by atoms with E-state index in [2.05, 4.69) is 5.10 Å². The summed E-state index contributed by atoms with van der Waals surface area (Å²) in [5.74, 6) is 0.283. The van der Waals surface area contributed by atoms with Crippen LogP contribution in [0.15, 0.2) is 30.3 Å². The van der Waals surface area contributed by atoms with E-state index in [4.69, 9.17) is 5.73 Å². The van der Waals surface area contributed by atoms with Crippen LogP contribution in [0, 0.1) is 12.7 Å². The molecule has 16 heavy (non-hydrogen) atoms. The van der Waals surface area contributed by atoms with Crippen molar-refractivity contribution >= 4 is 5.82 Å². The molecule has 0 atom stereocenters. The maximum Gasteiger partial charge on any atom is 0.127 e. The van der Waals surface area contributed by atoms with Crippen molar-refractivity contribution in [3.05, 3.63) is 41.8 Å². The fourth-order valence-electron chi connectivity index (χ4n) is 1.31. The normalized spacial score (nSPS) is 9.50. The van der Waals surface area contributed by atoms with E-state index in [9.17, 15) is 4.39 Å². The van der Waals surface area contributed by atoms with Gasteiger partial charge in [-0.1, -0.05) is 13.8 Å². The van der Waals surface area contributed by atoms with E-state index in [0.29, 0.717) is 5.82 Å². The first-order valence-corrected chi connectivity index (χ1v) is 5.25. The first-order valence-electron chi connectivity index (χ1n) is 5.25. The van der Waals surface area contributed by atoms with Gasteiger partial charge in [0, 0.05) is 6.07 Å². The van der Waals surface area contributed by atoms with Crippen molar-refractivity contribution < 1.29 is 4.39 Å². The van der Waals surface area contributed by atoms with Gasteiger partial charge in [0.1, 0.15) is 11.6 Å². The number of nitrogen functional groups attached to an aromatic ring is 1. The molecule has 1 aromatic carbocycles. The summed E-state index contributed by atoms with van der Waals surface area (Å²) in [6, 6.07) is 7.80. The lowest BCUT2D eigenvalue weighted by molar-refractivity contribution is 0.627. The number of rotatable bonds is 1. The number of aromatic nitrogens is 2. The van der Waals surface area contributed by atoms with Crippen molar-refractivity contribution in [3.63, 3.8) is 0 Å². The lowest BCUT2D eigenvalue weighted by Gasteiger charge is -2.02. The van der Waals surface area contributed by atoms with E-state index in [1.807, 2.05) is 20.8 Å². The van der Waals surface area contributed by atoms with Crippen LogP contribution in [0.5, 0.6) is 0 Å². The Labute approximate surface area is 94.7 Å². The molecule has 2 rings (SSSR count). The zero-order chi connectivity index (χ0) is 12.1. The average molecular weight is 221 g/mol. The third-order valence-corrected chi connectivity index (χ3v) is 1.93. The van der Waals surface area contributed by atoms with Gasteiger partial charge >= 0.3 is 0 Å². The van der Waals surface area contributed by atoms with Crippen LogP contribution in [-0.4, -0.2) is 9.78 Å². The first-order chi connectivity index (χ1) is 7.66. The Morgan fingerprint density at radius 1 is 1.19 bits per heavy atom. The van der Waals surface area contributed by atoms with Gasteiger partial charge < -0.3 is 5.73 Å². The maximum absolute atomic E-state index is 12.6. The van der Waals surface area contributed by atoms with Crippen molar-refractivity contribution in [3.8, 4) is 5.69 Å². The molecule has 0 aliphatic carbocycles. The summed E-state index contributed by atoms with van der Waals surface area (Å²) >= 11 is 0. The van der Waals surface area contributed by atoms with Crippen LogP contribution in [0.25, 0.3) is 5.69 Å². The SMILES string of the molecule is CC.Cc1cc(N)n(-c2ccc(F)cc2)n1. The van der Waals surface area contributed by atoms with E-state index in [1.54, 1.807) is 22.9 Å². The van der Waals surface area contributed by atoms with Crippen molar-refractivity contribution in [1.29, 1.82) is 0 Å². The van der Waals surface area contributed by atoms with Gasteiger partial charge in [0.2, 0.25) is 0 Å². The summed E-state index contributed by atoms with van der Waals surface area (Å²) in [6.45, 7) is 5.86. The molecule has 2 aromatic rings.